The maximum atomic E-state index is 12.8. The molecule has 3 heterocycles. The third-order valence-electron chi connectivity index (χ3n) is 6.86. The van der Waals surface area contributed by atoms with Gasteiger partial charge in [0.1, 0.15) is 5.82 Å². The molecule has 1 aromatic heterocycles. The minimum absolute atomic E-state index is 0.0154. The normalized spacial score (nSPS) is 20.6. The van der Waals surface area contributed by atoms with Crippen LogP contribution in [0.15, 0.2) is 12.3 Å². The monoisotopic (exact) mass is 474 g/mol. The zero-order valence-corrected chi connectivity index (χ0v) is 19.8. The van der Waals surface area contributed by atoms with Crippen molar-refractivity contribution in [3.8, 4) is 0 Å². The molecule has 2 aliphatic rings. The summed E-state index contributed by atoms with van der Waals surface area (Å²) in [7, 11) is 0. The van der Waals surface area contributed by atoms with Crippen molar-refractivity contribution in [1.29, 1.82) is 0 Å². The molecule has 1 atom stereocenters. The van der Waals surface area contributed by atoms with Crippen LogP contribution in [0.1, 0.15) is 52.0 Å². The Kier molecular flexibility index (Phi) is 8.31. The van der Waals surface area contributed by atoms with Gasteiger partial charge in [-0.15, -0.1) is 0 Å². The second-order valence-corrected chi connectivity index (χ2v) is 9.97. The first-order valence-electron chi connectivity index (χ1n) is 11.6. The number of halogens is 4. The topological polar surface area (TPSA) is 48.5 Å². The molecule has 3 rings (SSSR count). The van der Waals surface area contributed by atoms with Gasteiger partial charge < -0.3 is 10.2 Å². The maximum Gasteiger partial charge on any atom is 0.417 e. The Morgan fingerprint density at radius 1 is 1.19 bits per heavy atom. The quantitative estimate of drug-likeness (QED) is 0.640. The fraction of sp³-hybridized carbons (Fsp3) is 0.739. The van der Waals surface area contributed by atoms with Gasteiger partial charge in [0, 0.05) is 37.8 Å². The highest BCUT2D eigenvalue weighted by molar-refractivity contribution is 6.33. The summed E-state index contributed by atoms with van der Waals surface area (Å²) in [6, 6.07) is 1.25. The number of piperidine rings is 2. The van der Waals surface area contributed by atoms with Gasteiger partial charge in [0.2, 0.25) is 5.91 Å². The molecular weight excluding hydrogens is 441 g/mol. The number of pyridine rings is 1. The van der Waals surface area contributed by atoms with Crippen molar-refractivity contribution in [2.24, 2.45) is 17.8 Å². The van der Waals surface area contributed by atoms with Gasteiger partial charge in [0.05, 0.1) is 10.6 Å². The molecule has 0 radical (unpaired) electrons. The van der Waals surface area contributed by atoms with Crippen molar-refractivity contribution in [3.05, 3.63) is 22.8 Å². The second kappa shape index (κ2) is 10.6. The fourth-order valence-electron chi connectivity index (χ4n) is 4.67. The van der Waals surface area contributed by atoms with E-state index in [1.807, 2.05) is 4.90 Å². The Balaban J connectivity index is 1.51. The lowest BCUT2D eigenvalue weighted by Gasteiger charge is -2.39. The van der Waals surface area contributed by atoms with Crippen LogP contribution in [0, 0.1) is 17.8 Å². The van der Waals surface area contributed by atoms with Gasteiger partial charge in [-0.05, 0) is 56.7 Å². The van der Waals surface area contributed by atoms with Crippen LogP contribution in [0.2, 0.25) is 5.02 Å². The van der Waals surface area contributed by atoms with Crippen molar-refractivity contribution in [1.82, 2.24) is 15.2 Å². The lowest BCUT2D eigenvalue weighted by molar-refractivity contribution is -0.137. The Morgan fingerprint density at radius 2 is 1.81 bits per heavy atom. The van der Waals surface area contributed by atoms with E-state index < -0.39 is 11.7 Å². The van der Waals surface area contributed by atoms with E-state index in [0.29, 0.717) is 50.3 Å². The van der Waals surface area contributed by atoms with Crippen LogP contribution < -0.4 is 10.2 Å². The third-order valence-corrected chi connectivity index (χ3v) is 7.13. The maximum absolute atomic E-state index is 12.8. The van der Waals surface area contributed by atoms with Gasteiger partial charge in [-0.2, -0.15) is 13.2 Å². The molecule has 1 aromatic rings. The minimum atomic E-state index is -4.47. The van der Waals surface area contributed by atoms with Crippen molar-refractivity contribution >= 4 is 23.3 Å². The molecule has 180 valence electrons. The molecular formula is C23H34ClF3N4O. The number of likely N-dealkylation sites (tertiary alicyclic amines) is 1. The van der Waals surface area contributed by atoms with Gasteiger partial charge in [0.15, 0.2) is 0 Å². The second-order valence-electron chi connectivity index (χ2n) is 9.56. The zero-order chi connectivity index (χ0) is 23.5. The molecule has 1 N–H and O–H groups in total. The van der Waals surface area contributed by atoms with E-state index in [1.54, 1.807) is 0 Å². The largest absolute Gasteiger partial charge is 0.417 e. The van der Waals surface area contributed by atoms with E-state index in [9.17, 15) is 18.0 Å². The van der Waals surface area contributed by atoms with E-state index in [2.05, 4.69) is 36.0 Å². The number of anilines is 1. The molecule has 0 aliphatic carbocycles. The van der Waals surface area contributed by atoms with Gasteiger partial charge in [0.25, 0.3) is 0 Å². The fourth-order valence-corrected chi connectivity index (χ4v) is 4.95. The van der Waals surface area contributed by atoms with Crippen LogP contribution in [0.5, 0.6) is 0 Å². The first-order chi connectivity index (χ1) is 15.1. The number of amides is 1. The molecule has 9 heteroatoms. The first kappa shape index (κ1) is 25.1. The Labute approximate surface area is 193 Å². The average Bonchev–Trinajstić information content (AvgIpc) is 2.74. The zero-order valence-electron chi connectivity index (χ0n) is 19.1. The molecule has 1 amide bonds. The molecule has 0 spiro atoms. The predicted octanol–water partition coefficient (Wildman–Crippen LogP) is 4.84. The molecule has 0 aromatic carbocycles. The lowest BCUT2D eigenvalue weighted by Crippen LogP contribution is -2.51. The highest BCUT2D eigenvalue weighted by Gasteiger charge is 2.33. The standard InChI is InChI=1S/C23H34ClF3N4O/c1-15(2)20(30-8-4-16(3)5-9-30)14-29-22(32)17-6-10-31(11-7-17)21-19(24)12-18(13-28-21)23(25,26)27/h12-13,15-17,20H,4-11,14H2,1-3H3,(H,29,32). The summed E-state index contributed by atoms with van der Waals surface area (Å²) in [5.74, 6) is 1.53. The molecule has 0 bridgehead atoms. The number of nitrogens with one attached hydrogen (secondary N) is 1. The van der Waals surface area contributed by atoms with Crippen molar-refractivity contribution < 1.29 is 18.0 Å². The van der Waals surface area contributed by atoms with Crippen molar-refractivity contribution in [2.75, 3.05) is 37.6 Å². The average molecular weight is 475 g/mol. The van der Waals surface area contributed by atoms with Crippen molar-refractivity contribution in [3.63, 3.8) is 0 Å². The summed E-state index contributed by atoms with van der Waals surface area (Å²) in [4.78, 5) is 21.1. The summed E-state index contributed by atoms with van der Waals surface area (Å²) < 4.78 is 38.5. The molecule has 5 nitrogen and oxygen atoms in total. The molecule has 0 saturated carbocycles. The molecule has 2 fully saturated rings. The van der Waals surface area contributed by atoms with E-state index in [0.717, 1.165) is 31.3 Å². The first-order valence-corrected chi connectivity index (χ1v) is 11.9. The van der Waals surface area contributed by atoms with Gasteiger partial charge in [-0.1, -0.05) is 32.4 Å². The van der Waals surface area contributed by atoms with Crippen LogP contribution >= 0.6 is 11.6 Å². The number of nitrogens with zero attached hydrogens (tertiary/aromatic N) is 3. The summed E-state index contributed by atoms with van der Waals surface area (Å²) in [5.41, 5.74) is -0.858. The SMILES string of the molecule is CC1CCN(C(CNC(=O)C2CCN(c3ncc(C(F)(F)F)cc3Cl)CC2)C(C)C)CC1. The number of carbonyl (C=O) groups excluding carboxylic acids is 1. The van der Waals surface area contributed by atoms with Gasteiger partial charge in [-0.3, -0.25) is 9.69 Å². The van der Waals surface area contributed by atoms with Gasteiger partial charge in [-0.25, -0.2) is 4.98 Å². The van der Waals surface area contributed by atoms with E-state index in [1.165, 1.54) is 12.8 Å². The third kappa shape index (κ3) is 6.28. The summed E-state index contributed by atoms with van der Waals surface area (Å²) in [5, 5.41) is 3.15. The highest BCUT2D eigenvalue weighted by Crippen LogP contribution is 2.34. The lowest BCUT2D eigenvalue weighted by atomic mass is 9.93. The Morgan fingerprint density at radius 3 is 2.34 bits per heavy atom. The minimum Gasteiger partial charge on any atom is -0.355 e. The molecule has 1 unspecified atom stereocenters. The smallest absolute Gasteiger partial charge is 0.355 e. The number of rotatable bonds is 6. The Hall–Kier alpha value is -1.54. The van der Waals surface area contributed by atoms with Gasteiger partial charge >= 0.3 is 6.18 Å². The number of alkyl halides is 3. The van der Waals surface area contributed by atoms with Crippen LogP contribution in [-0.4, -0.2) is 54.6 Å². The predicted molar refractivity (Wildman–Crippen MR) is 121 cm³/mol. The van der Waals surface area contributed by atoms with E-state index >= 15 is 0 Å². The number of carbonyl (C=O) groups is 1. The van der Waals surface area contributed by atoms with Crippen LogP contribution in [0.25, 0.3) is 0 Å². The summed E-state index contributed by atoms with van der Waals surface area (Å²) in [6.07, 6.45) is -0.00281. The number of hydrogen-bond acceptors (Lipinski definition) is 4. The van der Waals surface area contributed by atoms with E-state index in [-0.39, 0.29) is 16.8 Å². The summed E-state index contributed by atoms with van der Waals surface area (Å²) >= 11 is 6.08. The molecule has 2 aliphatic heterocycles. The van der Waals surface area contributed by atoms with E-state index in [4.69, 9.17) is 11.6 Å². The highest BCUT2D eigenvalue weighted by atomic mass is 35.5. The molecule has 2 saturated heterocycles. The molecule has 32 heavy (non-hydrogen) atoms. The summed E-state index contributed by atoms with van der Waals surface area (Å²) in [6.45, 7) is 10.6. The van der Waals surface area contributed by atoms with Crippen LogP contribution in [0.3, 0.4) is 0 Å². The van der Waals surface area contributed by atoms with Crippen LogP contribution in [-0.2, 0) is 11.0 Å². The Bertz CT molecular complexity index is 773. The number of hydrogen-bond donors (Lipinski definition) is 1. The van der Waals surface area contributed by atoms with Crippen LogP contribution in [0.4, 0.5) is 19.0 Å². The number of aromatic nitrogens is 1. The van der Waals surface area contributed by atoms with Crippen molar-refractivity contribution in [2.45, 2.75) is 58.7 Å².